The minimum Gasteiger partial charge on any atom is -0.378 e. The standard InChI is InChI=1S/C19H31NO/c1-6-14-11-15(7-2)18(16(8-3)12-14)19(20-5)17-9-10-21-13(17)4/h11-13,17,19-20H,6-10H2,1-5H3. The minimum absolute atomic E-state index is 0.350. The maximum Gasteiger partial charge on any atom is 0.0594 e. The minimum atomic E-state index is 0.350. The lowest BCUT2D eigenvalue weighted by Crippen LogP contribution is -2.31. The molecule has 0 aliphatic carbocycles. The Morgan fingerprint density at radius 1 is 1.14 bits per heavy atom. The summed E-state index contributed by atoms with van der Waals surface area (Å²) >= 11 is 0. The van der Waals surface area contributed by atoms with E-state index < -0.39 is 0 Å². The Bertz CT molecular complexity index is 444. The van der Waals surface area contributed by atoms with Crippen LogP contribution < -0.4 is 5.32 Å². The molecule has 0 saturated carbocycles. The number of ether oxygens (including phenoxy) is 1. The van der Waals surface area contributed by atoms with Gasteiger partial charge in [0.25, 0.3) is 0 Å². The summed E-state index contributed by atoms with van der Waals surface area (Å²) in [7, 11) is 2.10. The van der Waals surface area contributed by atoms with Crippen molar-refractivity contribution in [2.24, 2.45) is 5.92 Å². The summed E-state index contributed by atoms with van der Waals surface area (Å²) in [6, 6.07) is 5.25. The Morgan fingerprint density at radius 2 is 1.76 bits per heavy atom. The van der Waals surface area contributed by atoms with Crippen LogP contribution in [0.2, 0.25) is 0 Å². The fourth-order valence-electron chi connectivity index (χ4n) is 3.80. The van der Waals surface area contributed by atoms with Crippen LogP contribution in [-0.4, -0.2) is 19.8 Å². The maximum absolute atomic E-state index is 5.82. The highest BCUT2D eigenvalue weighted by Gasteiger charge is 2.33. The molecule has 2 rings (SSSR count). The summed E-state index contributed by atoms with van der Waals surface area (Å²) in [6.45, 7) is 9.92. The van der Waals surface area contributed by atoms with Crippen molar-refractivity contribution in [1.82, 2.24) is 5.32 Å². The highest BCUT2D eigenvalue weighted by Crippen LogP contribution is 2.37. The molecular weight excluding hydrogens is 258 g/mol. The van der Waals surface area contributed by atoms with E-state index in [1.165, 1.54) is 16.7 Å². The van der Waals surface area contributed by atoms with Crippen LogP contribution in [0, 0.1) is 5.92 Å². The number of nitrogens with one attached hydrogen (secondary N) is 1. The first kappa shape index (κ1) is 16.5. The van der Waals surface area contributed by atoms with Crippen molar-refractivity contribution in [3.63, 3.8) is 0 Å². The number of hydrogen-bond acceptors (Lipinski definition) is 2. The van der Waals surface area contributed by atoms with E-state index in [0.29, 0.717) is 18.1 Å². The summed E-state index contributed by atoms with van der Waals surface area (Å²) < 4.78 is 5.82. The van der Waals surface area contributed by atoms with E-state index in [2.05, 4.69) is 52.2 Å². The molecule has 1 aromatic rings. The average Bonchev–Trinajstić information content (AvgIpc) is 2.94. The normalized spacial score (nSPS) is 23.5. The number of aryl methyl sites for hydroxylation is 3. The van der Waals surface area contributed by atoms with Crippen LogP contribution in [-0.2, 0) is 24.0 Å². The molecule has 1 aromatic carbocycles. The zero-order valence-corrected chi connectivity index (χ0v) is 14.3. The van der Waals surface area contributed by atoms with Gasteiger partial charge in [-0.1, -0.05) is 32.9 Å². The van der Waals surface area contributed by atoms with Gasteiger partial charge >= 0.3 is 0 Å². The Hall–Kier alpha value is -0.860. The van der Waals surface area contributed by atoms with E-state index in [1.807, 2.05) is 0 Å². The zero-order valence-electron chi connectivity index (χ0n) is 14.3. The SMILES string of the molecule is CCc1cc(CC)c(C(NC)C2CCOC2C)c(CC)c1. The van der Waals surface area contributed by atoms with Gasteiger partial charge in [0.15, 0.2) is 0 Å². The van der Waals surface area contributed by atoms with Gasteiger partial charge in [0.05, 0.1) is 6.10 Å². The molecule has 3 unspecified atom stereocenters. The molecule has 3 atom stereocenters. The molecule has 0 amide bonds. The highest BCUT2D eigenvalue weighted by atomic mass is 16.5. The predicted octanol–water partition coefficient (Wildman–Crippen LogP) is 4.06. The third-order valence-corrected chi connectivity index (χ3v) is 5.07. The van der Waals surface area contributed by atoms with Crippen molar-refractivity contribution in [3.05, 3.63) is 34.4 Å². The van der Waals surface area contributed by atoms with Crippen molar-refractivity contribution in [2.75, 3.05) is 13.7 Å². The van der Waals surface area contributed by atoms with Gasteiger partial charge in [0, 0.05) is 18.6 Å². The molecule has 0 spiro atoms. The van der Waals surface area contributed by atoms with Gasteiger partial charge in [-0.25, -0.2) is 0 Å². The molecule has 1 aliphatic heterocycles. The fraction of sp³-hybridized carbons (Fsp3) is 0.684. The average molecular weight is 289 g/mol. The Balaban J connectivity index is 2.48. The number of hydrogen-bond donors (Lipinski definition) is 1. The Kier molecular flexibility index (Phi) is 5.83. The van der Waals surface area contributed by atoms with Crippen LogP contribution in [0.25, 0.3) is 0 Å². The summed E-state index contributed by atoms with van der Waals surface area (Å²) in [5, 5.41) is 3.60. The first-order chi connectivity index (χ1) is 10.2. The second-order valence-corrected chi connectivity index (χ2v) is 6.18. The molecule has 1 N–H and O–H groups in total. The molecule has 1 saturated heterocycles. The first-order valence-corrected chi connectivity index (χ1v) is 8.59. The second kappa shape index (κ2) is 7.42. The largest absolute Gasteiger partial charge is 0.378 e. The van der Waals surface area contributed by atoms with Crippen molar-refractivity contribution in [1.29, 1.82) is 0 Å². The molecule has 0 radical (unpaired) electrons. The molecule has 1 heterocycles. The monoisotopic (exact) mass is 289 g/mol. The third-order valence-electron chi connectivity index (χ3n) is 5.07. The molecule has 0 aromatic heterocycles. The lowest BCUT2D eigenvalue weighted by atomic mass is 9.81. The van der Waals surface area contributed by atoms with E-state index in [-0.39, 0.29) is 0 Å². The number of benzene rings is 1. The lowest BCUT2D eigenvalue weighted by Gasteiger charge is -2.30. The third kappa shape index (κ3) is 3.32. The van der Waals surface area contributed by atoms with Gasteiger partial charge in [0.2, 0.25) is 0 Å². The fourth-order valence-corrected chi connectivity index (χ4v) is 3.80. The Morgan fingerprint density at radius 3 is 2.14 bits per heavy atom. The van der Waals surface area contributed by atoms with Crippen molar-refractivity contribution < 1.29 is 4.74 Å². The zero-order chi connectivity index (χ0) is 15.4. The quantitative estimate of drug-likeness (QED) is 0.852. The molecular formula is C19H31NO. The van der Waals surface area contributed by atoms with Gasteiger partial charge < -0.3 is 10.1 Å². The van der Waals surface area contributed by atoms with Crippen LogP contribution in [0.3, 0.4) is 0 Å². The first-order valence-electron chi connectivity index (χ1n) is 8.59. The highest BCUT2D eigenvalue weighted by molar-refractivity contribution is 5.42. The molecule has 2 nitrogen and oxygen atoms in total. The summed E-state index contributed by atoms with van der Waals surface area (Å²) in [5.74, 6) is 0.582. The predicted molar refractivity (Wildman–Crippen MR) is 89.9 cm³/mol. The van der Waals surface area contributed by atoms with Crippen molar-refractivity contribution in [2.45, 2.75) is 65.5 Å². The van der Waals surface area contributed by atoms with Crippen LogP contribution in [0.5, 0.6) is 0 Å². The van der Waals surface area contributed by atoms with E-state index in [4.69, 9.17) is 4.74 Å². The lowest BCUT2D eigenvalue weighted by molar-refractivity contribution is 0.0961. The van der Waals surface area contributed by atoms with Gasteiger partial charge in [-0.3, -0.25) is 0 Å². The molecule has 2 heteroatoms. The van der Waals surface area contributed by atoms with E-state index in [9.17, 15) is 0 Å². The summed E-state index contributed by atoms with van der Waals surface area (Å²) in [6.07, 6.45) is 4.84. The van der Waals surface area contributed by atoms with Crippen molar-refractivity contribution >= 4 is 0 Å². The van der Waals surface area contributed by atoms with Gasteiger partial charge in [0.1, 0.15) is 0 Å². The molecule has 0 bridgehead atoms. The maximum atomic E-state index is 5.82. The van der Waals surface area contributed by atoms with Crippen LogP contribution in [0.4, 0.5) is 0 Å². The van der Waals surface area contributed by atoms with Crippen molar-refractivity contribution in [3.8, 4) is 0 Å². The van der Waals surface area contributed by atoms with Gasteiger partial charge in [-0.15, -0.1) is 0 Å². The molecule has 21 heavy (non-hydrogen) atoms. The summed E-state index contributed by atoms with van der Waals surface area (Å²) in [5.41, 5.74) is 6.05. The number of rotatable bonds is 6. The topological polar surface area (TPSA) is 21.3 Å². The van der Waals surface area contributed by atoms with Crippen LogP contribution in [0.1, 0.15) is 62.4 Å². The second-order valence-electron chi connectivity index (χ2n) is 6.18. The van der Waals surface area contributed by atoms with Gasteiger partial charge in [-0.2, -0.15) is 0 Å². The van der Waals surface area contributed by atoms with E-state index in [0.717, 1.165) is 32.3 Å². The van der Waals surface area contributed by atoms with Gasteiger partial charge in [-0.05, 0) is 61.9 Å². The smallest absolute Gasteiger partial charge is 0.0594 e. The van der Waals surface area contributed by atoms with Crippen LogP contribution in [0.15, 0.2) is 12.1 Å². The van der Waals surface area contributed by atoms with E-state index >= 15 is 0 Å². The molecule has 118 valence electrons. The summed E-state index contributed by atoms with van der Waals surface area (Å²) in [4.78, 5) is 0. The molecule has 1 fully saturated rings. The van der Waals surface area contributed by atoms with Crippen LogP contribution >= 0.6 is 0 Å². The molecule has 1 aliphatic rings. The van der Waals surface area contributed by atoms with E-state index in [1.54, 1.807) is 5.56 Å². The Labute approximate surface area is 130 Å².